The fraction of sp³-hybridized carbons (Fsp3) is 0.200. The molecule has 1 amide bonds. The zero-order valence-corrected chi connectivity index (χ0v) is 15.6. The average molecular weight is 399 g/mol. The van der Waals surface area contributed by atoms with Gasteiger partial charge >= 0.3 is 5.97 Å². The summed E-state index contributed by atoms with van der Waals surface area (Å²) in [7, 11) is 0. The number of benzene rings is 2. The Kier molecular flexibility index (Phi) is 4.39. The number of nitrogens with zero attached hydrogens (tertiary/aromatic N) is 2. The molecule has 2 aromatic rings. The predicted octanol–water partition coefficient (Wildman–Crippen LogP) is 3.89. The minimum absolute atomic E-state index is 0.000592. The molecular formula is C20H15ClN2O5. The van der Waals surface area contributed by atoms with Crippen LogP contribution in [0.5, 0.6) is 0 Å². The molecule has 0 radical (unpaired) electrons. The molecule has 1 unspecified atom stereocenters. The van der Waals surface area contributed by atoms with E-state index in [-0.39, 0.29) is 24.6 Å². The first kappa shape index (κ1) is 18.2. The maximum absolute atomic E-state index is 13.0. The number of amides is 1. The first-order valence-corrected chi connectivity index (χ1v) is 8.98. The third kappa shape index (κ3) is 2.93. The maximum Gasteiger partial charge on any atom is 0.336 e. The highest BCUT2D eigenvalue weighted by Crippen LogP contribution is 2.42. The van der Waals surface area contributed by atoms with E-state index in [9.17, 15) is 19.7 Å². The number of non-ortho nitro benzene ring substituents is 1. The van der Waals surface area contributed by atoms with E-state index in [0.717, 1.165) is 5.56 Å². The summed E-state index contributed by atoms with van der Waals surface area (Å²) in [5.41, 5.74) is 2.69. The molecule has 0 aliphatic carbocycles. The summed E-state index contributed by atoms with van der Waals surface area (Å²) in [6.07, 6.45) is 0.000592. The maximum atomic E-state index is 13.0. The van der Waals surface area contributed by atoms with Gasteiger partial charge in [0.2, 0.25) is 5.91 Å². The molecule has 2 aliphatic rings. The van der Waals surface area contributed by atoms with Crippen molar-refractivity contribution in [2.24, 2.45) is 0 Å². The Morgan fingerprint density at radius 3 is 2.71 bits per heavy atom. The molecule has 28 heavy (non-hydrogen) atoms. The van der Waals surface area contributed by atoms with Crippen molar-refractivity contribution in [3.63, 3.8) is 0 Å². The molecule has 0 saturated carbocycles. The van der Waals surface area contributed by atoms with Crippen molar-refractivity contribution in [2.45, 2.75) is 19.3 Å². The van der Waals surface area contributed by atoms with E-state index in [4.69, 9.17) is 16.3 Å². The fourth-order valence-corrected chi connectivity index (χ4v) is 3.79. The summed E-state index contributed by atoms with van der Waals surface area (Å²) in [4.78, 5) is 37.5. The topological polar surface area (TPSA) is 89.8 Å². The third-order valence-corrected chi connectivity index (χ3v) is 5.42. The summed E-state index contributed by atoms with van der Waals surface area (Å²) >= 11 is 6.21. The molecule has 142 valence electrons. The average Bonchev–Trinajstić information content (AvgIpc) is 3.05. The van der Waals surface area contributed by atoms with E-state index in [1.165, 1.54) is 17.0 Å². The number of rotatable bonds is 3. The number of esters is 1. The Hall–Kier alpha value is -3.19. The Morgan fingerprint density at radius 1 is 1.21 bits per heavy atom. The standard InChI is InChI=1S/C20H15ClN2O5/c1-11-5-6-13(8-16(11)21)22-17-10-28-20(25)19(17)15(9-18(22)24)12-3-2-4-14(7-12)23(26)27/h2-8,15H,9-10H2,1H3. The number of ether oxygens (including phenoxy) is 1. The van der Waals surface area contributed by atoms with Crippen LogP contribution in [0.1, 0.15) is 23.5 Å². The number of nitro groups is 1. The largest absolute Gasteiger partial charge is 0.456 e. The van der Waals surface area contributed by atoms with Gasteiger partial charge in [0.1, 0.15) is 6.61 Å². The molecule has 0 saturated heterocycles. The van der Waals surface area contributed by atoms with Crippen molar-refractivity contribution < 1.29 is 19.2 Å². The van der Waals surface area contributed by atoms with E-state index < -0.39 is 16.8 Å². The molecule has 8 heteroatoms. The van der Waals surface area contributed by atoms with Crippen LogP contribution in [0.2, 0.25) is 5.02 Å². The quantitative estimate of drug-likeness (QED) is 0.444. The van der Waals surface area contributed by atoms with Crippen molar-refractivity contribution in [3.05, 3.63) is 80.0 Å². The molecular weight excluding hydrogens is 384 g/mol. The molecule has 0 bridgehead atoms. The minimum Gasteiger partial charge on any atom is -0.456 e. The van der Waals surface area contributed by atoms with Crippen LogP contribution >= 0.6 is 11.6 Å². The molecule has 4 rings (SSSR count). The second-order valence-electron chi connectivity index (χ2n) is 6.71. The van der Waals surface area contributed by atoms with Gasteiger partial charge in [0.05, 0.1) is 21.9 Å². The van der Waals surface area contributed by atoms with E-state index in [1.807, 2.05) is 6.92 Å². The zero-order valence-electron chi connectivity index (χ0n) is 14.8. The fourth-order valence-electron chi connectivity index (χ4n) is 3.61. The van der Waals surface area contributed by atoms with Crippen LogP contribution in [0.4, 0.5) is 11.4 Å². The van der Waals surface area contributed by atoms with Crippen LogP contribution < -0.4 is 4.90 Å². The van der Waals surface area contributed by atoms with Gasteiger partial charge in [-0.1, -0.05) is 29.8 Å². The molecule has 2 aliphatic heterocycles. The number of halogens is 1. The van der Waals surface area contributed by atoms with Crippen LogP contribution in [0.3, 0.4) is 0 Å². The number of anilines is 1. The van der Waals surface area contributed by atoms with Gasteiger partial charge < -0.3 is 4.74 Å². The molecule has 0 fully saturated rings. The van der Waals surface area contributed by atoms with E-state index in [2.05, 4.69) is 0 Å². The normalized spacial score (nSPS) is 18.9. The summed E-state index contributed by atoms with van der Waals surface area (Å²) in [6, 6.07) is 11.2. The molecule has 0 aromatic heterocycles. The van der Waals surface area contributed by atoms with Crippen LogP contribution in [0.25, 0.3) is 0 Å². The first-order chi connectivity index (χ1) is 13.4. The van der Waals surface area contributed by atoms with E-state index >= 15 is 0 Å². The Labute approximate surface area is 165 Å². The number of carbonyl (C=O) groups excluding carboxylic acids is 2. The second-order valence-corrected chi connectivity index (χ2v) is 7.12. The Balaban J connectivity index is 1.83. The number of nitro benzene ring substituents is 1. The lowest BCUT2D eigenvalue weighted by Gasteiger charge is -2.32. The lowest BCUT2D eigenvalue weighted by molar-refractivity contribution is -0.384. The summed E-state index contributed by atoms with van der Waals surface area (Å²) in [6.45, 7) is 1.83. The molecule has 1 atom stereocenters. The number of aryl methyl sites for hydroxylation is 1. The lowest BCUT2D eigenvalue weighted by atomic mass is 9.84. The van der Waals surface area contributed by atoms with E-state index in [1.54, 1.807) is 30.3 Å². The van der Waals surface area contributed by atoms with Crippen molar-refractivity contribution in [1.82, 2.24) is 0 Å². The van der Waals surface area contributed by atoms with Crippen molar-refractivity contribution >= 4 is 34.9 Å². The van der Waals surface area contributed by atoms with Gasteiger partial charge in [-0.15, -0.1) is 0 Å². The number of hydrogen-bond acceptors (Lipinski definition) is 5. The van der Waals surface area contributed by atoms with Gasteiger partial charge in [0.15, 0.2) is 0 Å². The smallest absolute Gasteiger partial charge is 0.336 e. The summed E-state index contributed by atoms with van der Waals surface area (Å²) in [5.74, 6) is -1.33. The Bertz CT molecular complexity index is 1060. The molecule has 2 aromatic carbocycles. The Morgan fingerprint density at radius 2 is 2.00 bits per heavy atom. The van der Waals surface area contributed by atoms with Crippen LogP contribution in [-0.2, 0) is 14.3 Å². The van der Waals surface area contributed by atoms with Gasteiger partial charge in [0, 0.05) is 29.5 Å². The molecule has 7 nitrogen and oxygen atoms in total. The van der Waals surface area contributed by atoms with Crippen LogP contribution in [0, 0.1) is 17.0 Å². The first-order valence-electron chi connectivity index (χ1n) is 8.60. The number of hydrogen-bond donors (Lipinski definition) is 0. The summed E-state index contributed by atoms with van der Waals surface area (Å²) in [5, 5.41) is 11.6. The highest BCUT2D eigenvalue weighted by molar-refractivity contribution is 6.31. The van der Waals surface area contributed by atoms with Crippen molar-refractivity contribution in [2.75, 3.05) is 11.5 Å². The van der Waals surface area contributed by atoms with Gasteiger partial charge in [0.25, 0.3) is 5.69 Å². The molecule has 0 N–H and O–H groups in total. The number of cyclic esters (lactones) is 1. The van der Waals surface area contributed by atoms with E-state index in [0.29, 0.717) is 27.5 Å². The van der Waals surface area contributed by atoms with Crippen molar-refractivity contribution in [3.8, 4) is 0 Å². The third-order valence-electron chi connectivity index (χ3n) is 5.01. The van der Waals surface area contributed by atoms with Gasteiger partial charge in [-0.25, -0.2) is 4.79 Å². The lowest BCUT2D eigenvalue weighted by Crippen LogP contribution is -2.37. The monoisotopic (exact) mass is 398 g/mol. The number of carbonyl (C=O) groups is 2. The van der Waals surface area contributed by atoms with Gasteiger partial charge in [-0.2, -0.15) is 0 Å². The second kappa shape index (κ2) is 6.76. The SMILES string of the molecule is Cc1ccc(N2C(=O)CC(c3cccc([N+](=O)[O-])c3)C3=C2COC3=O)cc1Cl. The minimum atomic E-state index is -0.588. The molecule has 2 heterocycles. The summed E-state index contributed by atoms with van der Waals surface area (Å²) < 4.78 is 5.21. The van der Waals surface area contributed by atoms with Crippen LogP contribution in [-0.4, -0.2) is 23.4 Å². The van der Waals surface area contributed by atoms with Crippen LogP contribution in [0.15, 0.2) is 53.7 Å². The van der Waals surface area contributed by atoms with Gasteiger partial charge in [-0.3, -0.25) is 19.8 Å². The highest BCUT2D eigenvalue weighted by Gasteiger charge is 2.43. The molecule has 0 spiro atoms. The highest BCUT2D eigenvalue weighted by atomic mass is 35.5. The van der Waals surface area contributed by atoms with Gasteiger partial charge in [-0.05, 0) is 30.2 Å². The zero-order chi connectivity index (χ0) is 20.0. The van der Waals surface area contributed by atoms with Crippen molar-refractivity contribution in [1.29, 1.82) is 0 Å². The predicted molar refractivity (Wildman–Crippen MR) is 102 cm³/mol.